The van der Waals surface area contributed by atoms with Gasteiger partial charge in [0.2, 0.25) is 0 Å². The molecule has 1 N–H and O–H groups in total. The number of rotatable bonds is 1. The molecule has 0 bridgehead atoms. The molecule has 0 spiro atoms. The van der Waals surface area contributed by atoms with E-state index in [0.29, 0.717) is 17.3 Å². The first-order chi connectivity index (χ1) is 5.43. The minimum absolute atomic E-state index is 0.215. The number of hydrogen-bond donors (Lipinski definition) is 1. The molecule has 2 aliphatic rings. The highest BCUT2D eigenvalue weighted by molar-refractivity contribution is 5.15. The smallest absolute Gasteiger partial charge is 0.0711 e. The zero-order valence-electron chi connectivity index (χ0n) is 8.43. The molecule has 2 rings (SSSR count). The molecule has 70 valence electrons. The van der Waals surface area contributed by atoms with Crippen molar-refractivity contribution in [2.24, 2.45) is 17.3 Å². The van der Waals surface area contributed by atoms with E-state index in [9.17, 15) is 5.11 Å². The maximum atomic E-state index is 10.1. The Labute approximate surface area is 75.2 Å². The average Bonchev–Trinajstić information content (AvgIpc) is 2.34. The molecule has 1 nitrogen and oxygen atoms in total. The van der Waals surface area contributed by atoms with E-state index in [4.69, 9.17) is 0 Å². The molecule has 2 saturated carbocycles. The standard InChI is InChI=1S/C11H20O/c1-10(2,3)7-9-8-5-4-6-11(8,9)12/h8-9,12H,4-7H2,1-3H3/t8-,9?,11+/m0/s1. The predicted molar refractivity (Wildman–Crippen MR) is 49.9 cm³/mol. The fourth-order valence-electron chi connectivity index (χ4n) is 2.99. The Morgan fingerprint density at radius 2 is 2.08 bits per heavy atom. The highest BCUT2D eigenvalue weighted by Crippen LogP contribution is 2.64. The van der Waals surface area contributed by atoms with Gasteiger partial charge in [-0.1, -0.05) is 27.2 Å². The average molecular weight is 168 g/mol. The van der Waals surface area contributed by atoms with Crippen LogP contribution in [-0.2, 0) is 0 Å². The van der Waals surface area contributed by atoms with Crippen LogP contribution >= 0.6 is 0 Å². The molecule has 0 aromatic carbocycles. The normalized spacial score (nSPS) is 46.0. The molecule has 2 fully saturated rings. The summed E-state index contributed by atoms with van der Waals surface area (Å²) in [6.45, 7) is 6.80. The van der Waals surface area contributed by atoms with E-state index in [0.717, 1.165) is 6.42 Å². The fourth-order valence-corrected chi connectivity index (χ4v) is 2.99. The molecule has 1 unspecified atom stereocenters. The molecule has 0 aromatic rings. The van der Waals surface area contributed by atoms with Crippen molar-refractivity contribution in [2.45, 2.75) is 52.1 Å². The second-order valence-electron chi connectivity index (χ2n) is 5.86. The van der Waals surface area contributed by atoms with E-state index in [1.165, 1.54) is 19.3 Å². The molecule has 1 heteroatoms. The summed E-state index contributed by atoms with van der Waals surface area (Å²) in [5.74, 6) is 1.29. The van der Waals surface area contributed by atoms with E-state index in [1.54, 1.807) is 0 Å². The van der Waals surface area contributed by atoms with Crippen molar-refractivity contribution in [1.29, 1.82) is 0 Å². The zero-order valence-corrected chi connectivity index (χ0v) is 8.43. The largest absolute Gasteiger partial charge is 0.389 e. The van der Waals surface area contributed by atoms with Gasteiger partial charge in [0.15, 0.2) is 0 Å². The van der Waals surface area contributed by atoms with Crippen LogP contribution in [0.25, 0.3) is 0 Å². The van der Waals surface area contributed by atoms with Crippen LogP contribution in [0.4, 0.5) is 0 Å². The van der Waals surface area contributed by atoms with Crippen molar-refractivity contribution in [1.82, 2.24) is 0 Å². The van der Waals surface area contributed by atoms with Crippen LogP contribution in [0.5, 0.6) is 0 Å². The molecule has 0 aliphatic heterocycles. The van der Waals surface area contributed by atoms with Gasteiger partial charge < -0.3 is 5.11 Å². The maximum absolute atomic E-state index is 10.1. The van der Waals surface area contributed by atoms with E-state index in [1.807, 2.05) is 0 Å². The lowest BCUT2D eigenvalue weighted by atomic mass is 9.87. The quantitative estimate of drug-likeness (QED) is 0.638. The third-order valence-electron chi connectivity index (χ3n) is 3.59. The second-order valence-corrected chi connectivity index (χ2v) is 5.86. The van der Waals surface area contributed by atoms with Gasteiger partial charge in [0.1, 0.15) is 0 Å². The highest BCUT2D eigenvalue weighted by Gasteiger charge is 2.65. The SMILES string of the molecule is CC(C)(C)CC1[C@@H]2CCC[C@]12O. The van der Waals surface area contributed by atoms with E-state index >= 15 is 0 Å². The summed E-state index contributed by atoms with van der Waals surface area (Å²) in [6, 6.07) is 0. The Morgan fingerprint density at radius 3 is 2.50 bits per heavy atom. The van der Waals surface area contributed by atoms with Gasteiger partial charge >= 0.3 is 0 Å². The van der Waals surface area contributed by atoms with Crippen molar-refractivity contribution in [3.05, 3.63) is 0 Å². The van der Waals surface area contributed by atoms with Gasteiger partial charge in [-0.2, -0.15) is 0 Å². The molecule has 3 atom stereocenters. The first-order valence-electron chi connectivity index (χ1n) is 5.16. The second kappa shape index (κ2) is 2.25. The first kappa shape index (κ1) is 8.55. The summed E-state index contributed by atoms with van der Waals surface area (Å²) in [7, 11) is 0. The van der Waals surface area contributed by atoms with Crippen molar-refractivity contribution in [3.8, 4) is 0 Å². The molecule has 0 saturated heterocycles. The third-order valence-corrected chi connectivity index (χ3v) is 3.59. The molecule has 0 heterocycles. The molecule has 2 aliphatic carbocycles. The summed E-state index contributed by atoms with van der Waals surface area (Å²) in [4.78, 5) is 0. The Hall–Kier alpha value is -0.0400. The van der Waals surface area contributed by atoms with Gasteiger partial charge in [0.25, 0.3) is 0 Å². The predicted octanol–water partition coefficient (Wildman–Crippen LogP) is 2.58. The number of aliphatic hydroxyl groups is 1. The third kappa shape index (κ3) is 1.19. The Morgan fingerprint density at radius 1 is 1.42 bits per heavy atom. The summed E-state index contributed by atoms with van der Waals surface area (Å²) in [6.07, 6.45) is 4.80. The highest BCUT2D eigenvalue weighted by atomic mass is 16.3. The van der Waals surface area contributed by atoms with Crippen molar-refractivity contribution in [2.75, 3.05) is 0 Å². The van der Waals surface area contributed by atoms with Crippen LogP contribution in [0, 0.1) is 17.3 Å². The molecule has 0 amide bonds. The van der Waals surface area contributed by atoms with E-state index in [2.05, 4.69) is 20.8 Å². The van der Waals surface area contributed by atoms with Crippen molar-refractivity contribution < 1.29 is 5.11 Å². The fraction of sp³-hybridized carbons (Fsp3) is 1.00. The van der Waals surface area contributed by atoms with Gasteiger partial charge in [-0.25, -0.2) is 0 Å². The lowest BCUT2D eigenvalue weighted by molar-refractivity contribution is 0.115. The summed E-state index contributed by atoms with van der Waals surface area (Å²) >= 11 is 0. The summed E-state index contributed by atoms with van der Waals surface area (Å²) in [5, 5.41) is 10.1. The zero-order chi connectivity index (χ0) is 8.98. The van der Waals surface area contributed by atoms with Crippen molar-refractivity contribution >= 4 is 0 Å². The first-order valence-corrected chi connectivity index (χ1v) is 5.16. The minimum Gasteiger partial charge on any atom is -0.389 e. The van der Waals surface area contributed by atoms with E-state index in [-0.39, 0.29) is 5.60 Å². The van der Waals surface area contributed by atoms with Gasteiger partial charge in [0.05, 0.1) is 5.60 Å². The number of fused-ring (bicyclic) bond motifs is 1. The van der Waals surface area contributed by atoms with Gasteiger partial charge in [-0.3, -0.25) is 0 Å². The molecular weight excluding hydrogens is 148 g/mol. The van der Waals surface area contributed by atoms with Gasteiger partial charge in [-0.15, -0.1) is 0 Å². The van der Waals surface area contributed by atoms with Crippen molar-refractivity contribution in [3.63, 3.8) is 0 Å². The van der Waals surface area contributed by atoms with E-state index < -0.39 is 0 Å². The Balaban J connectivity index is 1.95. The lowest BCUT2D eigenvalue weighted by Gasteiger charge is -2.20. The monoisotopic (exact) mass is 168 g/mol. The van der Waals surface area contributed by atoms with Crippen LogP contribution in [0.3, 0.4) is 0 Å². The summed E-state index contributed by atoms with van der Waals surface area (Å²) in [5.41, 5.74) is 0.179. The van der Waals surface area contributed by atoms with Crippen LogP contribution in [0.1, 0.15) is 46.5 Å². The van der Waals surface area contributed by atoms with Gasteiger partial charge in [-0.05, 0) is 36.5 Å². The maximum Gasteiger partial charge on any atom is 0.0711 e. The lowest BCUT2D eigenvalue weighted by Crippen LogP contribution is -2.14. The van der Waals surface area contributed by atoms with Crippen LogP contribution in [0.15, 0.2) is 0 Å². The van der Waals surface area contributed by atoms with Crippen LogP contribution in [0.2, 0.25) is 0 Å². The summed E-state index contributed by atoms with van der Waals surface area (Å²) < 4.78 is 0. The molecular formula is C11H20O. The minimum atomic E-state index is -0.215. The topological polar surface area (TPSA) is 20.2 Å². The van der Waals surface area contributed by atoms with Gasteiger partial charge in [0, 0.05) is 0 Å². The molecule has 0 aromatic heterocycles. The van der Waals surface area contributed by atoms with Crippen LogP contribution in [-0.4, -0.2) is 10.7 Å². The Kier molecular flexibility index (Phi) is 1.61. The Bertz CT molecular complexity index is 192. The number of hydrogen-bond acceptors (Lipinski definition) is 1. The molecule has 12 heavy (non-hydrogen) atoms. The van der Waals surface area contributed by atoms with Crippen LogP contribution < -0.4 is 0 Å². The molecule has 0 radical (unpaired) electrons.